The van der Waals surface area contributed by atoms with Crippen molar-refractivity contribution in [3.05, 3.63) is 23.2 Å². The highest BCUT2D eigenvalue weighted by molar-refractivity contribution is 7.89. The summed E-state index contributed by atoms with van der Waals surface area (Å²) < 4.78 is 26.4. The molecule has 76 valence electrons. The number of primary sulfonamides is 1. The van der Waals surface area contributed by atoms with Crippen LogP contribution in [0.5, 0.6) is 5.75 Å². The van der Waals surface area contributed by atoms with Gasteiger partial charge in [0.15, 0.2) is 0 Å². The third kappa shape index (κ3) is 2.44. The lowest BCUT2D eigenvalue weighted by Crippen LogP contribution is -2.12. The molecule has 1 aromatic carbocycles. The van der Waals surface area contributed by atoms with Gasteiger partial charge in [0.1, 0.15) is 10.6 Å². The van der Waals surface area contributed by atoms with Crippen molar-refractivity contribution in [1.29, 1.82) is 0 Å². The Labute approximate surface area is 85.5 Å². The fraction of sp³-hybridized carbons (Fsp3) is 0. The number of nitrogens with two attached hydrogens (primary N) is 1. The minimum atomic E-state index is -3.90. The van der Waals surface area contributed by atoms with Crippen molar-refractivity contribution in [3.63, 3.8) is 0 Å². The largest absolute Gasteiger partial charge is 0.429 e. The topological polar surface area (TPSA) is 86.5 Å². The fourth-order valence-corrected chi connectivity index (χ4v) is 1.89. The molecule has 0 heterocycles. The third-order valence-corrected chi connectivity index (χ3v) is 2.79. The Morgan fingerprint density at radius 2 is 2.07 bits per heavy atom. The average Bonchev–Trinajstić information content (AvgIpc) is 2.07. The molecule has 0 aliphatic carbocycles. The van der Waals surface area contributed by atoms with Gasteiger partial charge in [0, 0.05) is 6.07 Å². The van der Waals surface area contributed by atoms with Crippen LogP contribution in [0.2, 0.25) is 5.02 Å². The number of rotatable bonds is 3. The number of hydrogen-bond acceptors (Lipinski definition) is 4. The zero-order valence-electron chi connectivity index (χ0n) is 6.81. The highest BCUT2D eigenvalue weighted by atomic mass is 35.5. The molecule has 1 aromatic rings. The van der Waals surface area contributed by atoms with Crippen molar-refractivity contribution in [2.45, 2.75) is 4.90 Å². The van der Waals surface area contributed by atoms with Crippen LogP contribution in [0.1, 0.15) is 0 Å². The van der Waals surface area contributed by atoms with Crippen LogP contribution in [0, 0.1) is 0 Å². The quantitative estimate of drug-likeness (QED) is 0.774. The Hall–Kier alpha value is -1.11. The Morgan fingerprint density at radius 3 is 2.57 bits per heavy atom. The first-order valence-electron chi connectivity index (χ1n) is 3.38. The van der Waals surface area contributed by atoms with E-state index in [9.17, 15) is 13.2 Å². The lowest BCUT2D eigenvalue weighted by molar-refractivity contribution is -0.120. The van der Waals surface area contributed by atoms with Crippen LogP contribution in [0.15, 0.2) is 23.1 Å². The van der Waals surface area contributed by atoms with Crippen molar-refractivity contribution in [3.8, 4) is 5.75 Å². The summed E-state index contributed by atoms with van der Waals surface area (Å²) in [5.74, 6) is 0.0634. The zero-order valence-corrected chi connectivity index (χ0v) is 8.38. The first kappa shape index (κ1) is 11.0. The van der Waals surface area contributed by atoms with Crippen LogP contribution in [0.25, 0.3) is 0 Å². The zero-order chi connectivity index (χ0) is 10.8. The van der Waals surface area contributed by atoms with Crippen LogP contribution in [-0.4, -0.2) is 14.9 Å². The van der Waals surface area contributed by atoms with Crippen molar-refractivity contribution < 1.29 is 17.9 Å². The van der Waals surface area contributed by atoms with Gasteiger partial charge in [0.05, 0.1) is 5.02 Å². The molecule has 0 radical (unpaired) electrons. The van der Waals surface area contributed by atoms with Crippen LogP contribution in [-0.2, 0) is 14.8 Å². The number of halogens is 1. The van der Waals surface area contributed by atoms with Crippen molar-refractivity contribution in [2.75, 3.05) is 0 Å². The summed E-state index contributed by atoms with van der Waals surface area (Å²) in [5.41, 5.74) is 0. The molecular formula is C7H6ClNO4S. The van der Waals surface area contributed by atoms with E-state index in [-0.39, 0.29) is 22.1 Å². The van der Waals surface area contributed by atoms with Gasteiger partial charge in [-0.25, -0.2) is 13.6 Å². The molecule has 0 aliphatic heterocycles. The van der Waals surface area contributed by atoms with E-state index in [2.05, 4.69) is 4.74 Å². The molecule has 7 heteroatoms. The Bertz CT molecular complexity index is 457. The second-order valence-electron chi connectivity index (χ2n) is 2.35. The summed E-state index contributed by atoms with van der Waals surface area (Å²) >= 11 is 5.58. The number of carbonyl (C=O) groups excluding carboxylic acids is 1. The summed E-state index contributed by atoms with van der Waals surface area (Å²) in [6.07, 6.45) is 0. The maximum Gasteiger partial charge on any atom is 0.298 e. The molecule has 0 fully saturated rings. The Morgan fingerprint density at radius 1 is 1.43 bits per heavy atom. The first-order chi connectivity index (χ1) is 6.45. The summed E-state index contributed by atoms with van der Waals surface area (Å²) in [4.78, 5) is 9.71. The molecule has 0 atom stereocenters. The molecule has 0 spiro atoms. The molecule has 0 saturated carbocycles. The smallest absolute Gasteiger partial charge is 0.298 e. The first-order valence-corrected chi connectivity index (χ1v) is 5.30. The number of benzene rings is 1. The molecule has 0 unspecified atom stereocenters. The van der Waals surface area contributed by atoms with Gasteiger partial charge in [0.2, 0.25) is 10.0 Å². The number of ether oxygens (including phenoxy) is 1. The summed E-state index contributed by atoms with van der Waals surface area (Å²) in [6, 6.07) is 3.71. The molecular weight excluding hydrogens is 230 g/mol. The average molecular weight is 236 g/mol. The predicted molar refractivity (Wildman–Crippen MR) is 49.5 cm³/mol. The van der Waals surface area contributed by atoms with E-state index in [1.165, 1.54) is 12.1 Å². The second kappa shape index (κ2) is 3.95. The van der Waals surface area contributed by atoms with Gasteiger partial charge in [-0.15, -0.1) is 0 Å². The van der Waals surface area contributed by atoms with Crippen molar-refractivity contribution >= 4 is 28.1 Å². The van der Waals surface area contributed by atoms with Gasteiger partial charge >= 0.3 is 0 Å². The molecule has 0 bridgehead atoms. The Balaban J connectivity index is 3.29. The molecule has 0 amide bonds. The summed E-state index contributed by atoms with van der Waals surface area (Å²) in [7, 11) is -3.90. The molecule has 14 heavy (non-hydrogen) atoms. The van der Waals surface area contributed by atoms with Gasteiger partial charge in [-0.05, 0) is 12.1 Å². The minimum Gasteiger partial charge on any atom is -0.429 e. The maximum atomic E-state index is 11.0. The number of carbonyl (C=O) groups is 1. The SMILES string of the molecule is NS(=O)(=O)c1cc(OC=O)ccc1Cl. The normalized spacial score (nSPS) is 11.0. The number of sulfonamides is 1. The minimum absolute atomic E-state index is 0.0225. The van der Waals surface area contributed by atoms with E-state index in [0.29, 0.717) is 0 Å². The van der Waals surface area contributed by atoms with Gasteiger partial charge < -0.3 is 4.74 Å². The van der Waals surface area contributed by atoms with E-state index in [4.69, 9.17) is 16.7 Å². The fourth-order valence-electron chi connectivity index (χ4n) is 0.831. The lowest BCUT2D eigenvalue weighted by Gasteiger charge is -2.03. The maximum absolute atomic E-state index is 11.0. The molecule has 0 saturated heterocycles. The lowest BCUT2D eigenvalue weighted by atomic mass is 10.3. The summed E-state index contributed by atoms with van der Waals surface area (Å²) in [5, 5.41) is 4.84. The van der Waals surface area contributed by atoms with Crippen LogP contribution >= 0.6 is 11.6 Å². The van der Waals surface area contributed by atoms with Gasteiger partial charge in [-0.3, -0.25) is 4.79 Å². The standard InChI is InChI=1S/C7H6ClNO4S/c8-6-2-1-5(13-4-10)3-7(6)14(9,11)12/h1-4H,(H2,9,11,12). The van der Waals surface area contributed by atoms with E-state index >= 15 is 0 Å². The number of hydrogen-bond donors (Lipinski definition) is 1. The third-order valence-electron chi connectivity index (χ3n) is 1.39. The van der Waals surface area contributed by atoms with Crippen molar-refractivity contribution in [1.82, 2.24) is 0 Å². The Kier molecular flexibility index (Phi) is 3.10. The monoisotopic (exact) mass is 235 g/mol. The second-order valence-corrected chi connectivity index (χ2v) is 4.29. The van der Waals surface area contributed by atoms with E-state index in [1.54, 1.807) is 0 Å². The van der Waals surface area contributed by atoms with Crippen LogP contribution in [0.3, 0.4) is 0 Å². The van der Waals surface area contributed by atoms with Crippen molar-refractivity contribution in [2.24, 2.45) is 5.14 Å². The molecule has 0 aromatic heterocycles. The molecule has 2 N–H and O–H groups in total. The van der Waals surface area contributed by atoms with Gasteiger partial charge in [0.25, 0.3) is 6.47 Å². The summed E-state index contributed by atoms with van der Waals surface area (Å²) in [6.45, 7) is 0.177. The van der Waals surface area contributed by atoms with Crippen LogP contribution in [0.4, 0.5) is 0 Å². The predicted octanol–water partition coefficient (Wildman–Crippen LogP) is 0.523. The van der Waals surface area contributed by atoms with Crippen LogP contribution < -0.4 is 9.88 Å². The molecule has 1 rings (SSSR count). The molecule has 0 aliphatic rings. The van der Waals surface area contributed by atoms with E-state index < -0.39 is 10.0 Å². The van der Waals surface area contributed by atoms with E-state index in [0.717, 1.165) is 6.07 Å². The highest BCUT2D eigenvalue weighted by Gasteiger charge is 2.13. The van der Waals surface area contributed by atoms with Gasteiger partial charge in [-0.2, -0.15) is 0 Å². The van der Waals surface area contributed by atoms with Gasteiger partial charge in [-0.1, -0.05) is 11.6 Å². The van der Waals surface area contributed by atoms with E-state index in [1.807, 2.05) is 0 Å². The highest BCUT2D eigenvalue weighted by Crippen LogP contribution is 2.24. The molecule has 5 nitrogen and oxygen atoms in total.